The molecular weight excluding hydrogens is 568 g/mol. The molecule has 0 spiro atoms. The van der Waals surface area contributed by atoms with E-state index in [1.807, 2.05) is 0 Å². The molecule has 3 heterocycles. The molecule has 16 nitrogen and oxygen atoms in total. The Morgan fingerprint density at radius 2 is 1.64 bits per heavy atom. The minimum Gasteiger partial charge on any atom is -0.508 e. The van der Waals surface area contributed by atoms with Gasteiger partial charge >= 0.3 is 0 Å². The summed E-state index contributed by atoms with van der Waals surface area (Å²) in [6.07, 6.45) is -11.8. The van der Waals surface area contributed by atoms with Gasteiger partial charge in [0.25, 0.3) is 0 Å². The van der Waals surface area contributed by atoms with Crippen molar-refractivity contribution in [2.45, 2.75) is 48.7 Å². The highest BCUT2D eigenvalue weighted by molar-refractivity contribution is 5.88. The topological polar surface area (TPSA) is 269 Å². The molecule has 8 atom stereocenters. The van der Waals surface area contributed by atoms with E-state index in [9.17, 15) is 55.9 Å². The summed E-state index contributed by atoms with van der Waals surface area (Å²) in [4.78, 5) is 13.5. The lowest BCUT2D eigenvalue weighted by Gasteiger charge is -2.39. The Bertz CT molecular complexity index is 1520. The maximum absolute atomic E-state index is 13.5. The maximum atomic E-state index is 13.5. The van der Waals surface area contributed by atoms with Crippen LogP contribution in [-0.4, -0.2) is 120 Å². The van der Waals surface area contributed by atoms with E-state index >= 15 is 0 Å². The molecule has 228 valence electrons. The number of aliphatic hydroxyl groups excluding tert-OH is 6. The third-order valence-corrected chi connectivity index (χ3v) is 7.04. The number of fused-ring (bicyclic) bond motifs is 1. The molecule has 0 saturated carbocycles. The largest absolute Gasteiger partial charge is 0.508 e. The Hall–Kier alpha value is -3.71. The fourth-order valence-electron chi connectivity index (χ4n) is 4.62. The van der Waals surface area contributed by atoms with E-state index in [1.54, 1.807) is 0 Å². The summed E-state index contributed by atoms with van der Waals surface area (Å²) in [7, 11) is 0. The lowest BCUT2D eigenvalue weighted by atomic mass is 9.99. The normalized spacial score (nSPS) is 31.4. The average Bonchev–Trinajstić information content (AvgIpc) is 3.24. The van der Waals surface area contributed by atoms with Gasteiger partial charge in [0.2, 0.25) is 23.8 Å². The Morgan fingerprint density at radius 1 is 0.905 bits per heavy atom. The zero-order chi connectivity index (χ0) is 30.5. The summed E-state index contributed by atoms with van der Waals surface area (Å²) >= 11 is 0. The number of rotatable bonds is 7. The molecule has 2 aliphatic heterocycles. The average molecular weight is 596 g/mol. The van der Waals surface area contributed by atoms with E-state index in [-0.39, 0.29) is 16.9 Å². The van der Waals surface area contributed by atoms with Crippen LogP contribution in [-0.2, 0) is 9.47 Å². The molecule has 0 amide bonds. The Balaban J connectivity index is 1.56. The number of hydrogen-bond donors (Lipinski definition) is 10. The first kappa shape index (κ1) is 29.8. The first-order valence-electron chi connectivity index (χ1n) is 12.5. The molecule has 0 radical (unpaired) electrons. The van der Waals surface area contributed by atoms with Crippen molar-refractivity contribution in [3.8, 4) is 40.1 Å². The van der Waals surface area contributed by atoms with Crippen molar-refractivity contribution >= 4 is 11.0 Å². The summed E-state index contributed by atoms with van der Waals surface area (Å²) < 4.78 is 27.3. The van der Waals surface area contributed by atoms with Crippen LogP contribution in [0.2, 0.25) is 0 Å². The highest BCUT2D eigenvalue weighted by atomic mass is 16.7. The van der Waals surface area contributed by atoms with Gasteiger partial charge in [-0.15, -0.1) is 0 Å². The van der Waals surface area contributed by atoms with Gasteiger partial charge in [-0.3, -0.25) is 4.79 Å². The molecule has 42 heavy (non-hydrogen) atoms. The number of ether oxygens (including phenoxy) is 4. The van der Waals surface area contributed by atoms with Crippen molar-refractivity contribution in [2.75, 3.05) is 19.8 Å². The molecule has 0 aliphatic carbocycles. The Kier molecular flexibility index (Phi) is 7.92. The molecule has 2 aromatic carbocycles. The molecule has 5 rings (SSSR count). The molecule has 2 fully saturated rings. The first-order valence-corrected chi connectivity index (χ1v) is 12.5. The second-order valence-corrected chi connectivity index (χ2v) is 9.93. The monoisotopic (exact) mass is 596 g/mol. The van der Waals surface area contributed by atoms with E-state index in [4.69, 9.17) is 23.4 Å². The molecule has 10 N–H and O–H groups in total. The molecule has 0 bridgehead atoms. The third kappa shape index (κ3) is 5.08. The molecular formula is C26H28O16. The van der Waals surface area contributed by atoms with Crippen molar-refractivity contribution in [3.05, 3.63) is 40.6 Å². The van der Waals surface area contributed by atoms with Crippen molar-refractivity contribution in [1.29, 1.82) is 0 Å². The van der Waals surface area contributed by atoms with E-state index in [0.717, 1.165) is 18.2 Å². The fraction of sp³-hybridized carbons (Fsp3) is 0.423. The smallest absolute Gasteiger partial charge is 0.239 e. The lowest BCUT2D eigenvalue weighted by Crippen LogP contribution is -2.60. The number of aliphatic hydroxyl groups is 7. The lowest BCUT2D eigenvalue weighted by molar-refractivity contribution is -0.277. The number of hydrogen-bond acceptors (Lipinski definition) is 16. The quantitative estimate of drug-likeness (QED) is 0.136. The standard InChI is InChI=1S/C26H28O16/c27-6-15-17(32)19(34)20(35)24(41-15)42-22-18(33)16-12(31)4-10(29)5-14(16)39-21(22)9-1-2-13(11(30)3-9)40-25-23(36)26(37,7-28)8-38-25/h1-5,15,17,19-20,23-25,27-32,34-37H,6-8H2. The summed E-state index contributed by atoms with van der Waals surface area (Å²) in [5.41, 5.74) is -3.37. The predicted octanol–water partition coefficient (Wildman–Crippen LogP) is -2.43. The van der Waals surface area contributed by atoms with Gasteiger partial charge in [0, 0.05) is 17.7 Å². The highest BCUT2D eigenvalue weighted by Gasteiger charge is 2.49. The van der Waals surface area contributed by atoms with E-state index in [0.29, 0.717) is 0 Å². The number of aromatic hydroxyl groups is 3. The summed E-state index contributed by atoms with van der Waals surface area (Å²) in [5.74, 6) is -3.08. The molecule has 1 aromatic heterocycles. The Morgan fingerprint density at radius 3 is 2.29 bits per heavy atom. The second-order valence-electron chi connectivity index (χ2n) is 9.93. The fourth-order valence-corrected chi connectivity index (χ4v) is 4.62. The maximum Gasteiger partial charge on any atom is 0.239 e. The zero-order valence-electron chi connectivity index (χ0n) is 21.5. The van der Waals surface area contributed by atoms with Crippen LogP contribution in [0.15, 0.2) is 39.5 Å². The number of benzene rings is 2. The Labute approximate surface area is 235 Å². The van der Waals surface area contributed by atoms with Gasteiger partial charge in [0.05, 0.1) is 19.8 Å². The van der Waals surface area contributed by atoms with Crippen molar-refractivity contribution < 1.29 is 74.4 Å². The van der Waals surface area contributed by atoms with Crippen molar-refractivity contribution in [3.63, 3.8) is 0 Å². The van der Waals surface area contributed by atoms with Gasteiger partial charge in [-0.05, 0) is 18.2 Å². The minimum atomic E-state index is -1.98. The van der Waals surface area contributed by atoms with Crippen LogP contribution in [0.5, 0.6) is 28.7 Å². The van der Waals surface area contributed by atoms with Gasteiger partial charge in [-0.1, -0.05) is 0 Å². The van der Waals surface area contributed by atoms with Crippen LogP contribution in [0.3, 0.4) is 0 Å². The van der Waals surface area contributed by atoms with Gasteiger partial charge in [0.15, 0.2) is 17.3 Å². The zero-order valence-corrected chi connectivity index (χ0v) is 21.5. The molecule has 16 heteroatoms. The van der Waals surface area contributed by atoms with Crippen LogP contribution in [0, 0.1) is 0 Å². The van der Waals surface area contributed by atoms with Crippen molar-refractivity contribution in [2.24, 2.45) is 0 Å². The number of phenolic OH excluding ortho intramolecular Hbond substituents is 3. The predicted molar refractivity (Wildman–Crippen MR) is 136 cm³/mol. The molecule has 2 saturated heterocycles. The number of phenols is 3. The minimum absolute atomic E-state index is 0.0546. The second kappa shape index (κ2) is 11.2. The SMILES string of the molecule is O=c1c(OC2OC(CO)C(O)C(O)C2O)c(-c2ccc(OC3OCC(O)(CO)C3O)c(O)c2)oc2cc(O)cc(O)c12. The van der Waals surface area contributed by atoms with Gasteiger partial charge in [0.1, 0.15) is 58.6 Å². The summed E-state index contributed by atoms with van der Waals surface area (Å²) in [6, 6.07) is 5.38. The summed E-state index contributed by atoms with van der Waals surface area (Å²) in [5, 5.41) is 100. The molecule has 3 aromatic rings. The van der Waals surface area contributed by atoms with Gasteiger partial charge in [-0.2, -0.15) is 0 Å². The highest BCUT2D eigenvalue weighted by Crippen LogP contribution is 2.40. The summed E-state index contributed by atoms with van der Waals surface area (Å²) in [6.45, 7) is -2.05. The van der Waals surface area contributed by atoms with Crippen LogP contribution >= 0.6 is 0 Å². The van der Waals surface area contributed by atoms with Crippen LogP contribution in [0.4, 0.5) is 0 Å². The third-order valence-electron chi connectivity index (χ3n) is 7.04. The van der Waals surface area contributed by atoms with Crippen LogP contribution < -0.4 is 14.9 Å². The molecule has 2 aliphatic rings. The van der Waals surface area contributed by atoms with Gasteiger partial charge < -0.3 is 74.4 Å². The van der Waals surface area contributed by atoms with Gasteiger partial charge in [-0.25, -0.2) is 0 Å². The molecule has 8 unspecified atom stereocenters. The first-order chi connectivity index (χ1) is 19.9. The van der Waals surface area contributed by atoms with Crippen LogP contribution in [0.1, 0.15) is 0 Å². The van der Waals surface area contributed by atoms with E-state index in [1.165, 1.54) is 12.1 Å². The van der Waals surface area contributed by atoms with Crippen LogP contribution in [0.25, 0.3) is 22.3 Å². The van der Waals surface area contributed by atoms with E-state index < -0.39 is 108 Å². The van der Waals surface area contributed by atoms with Crippen molar-refractivity contribution in [1.82, 2.24) is 0 Å². The van der Waals surface area contributed by atoms with E-state index in [2.05, 4.69) is 0 Å².